The van der Waals surface area contributed by atoms with Crippen LogP contribution in [-0.4, -0.2) is 157 Å². The molecule has 3 aromatic rings. The number of carbonyl (C=O) groups excluding carboxylic acids is 6. The largest absolute Gasteiger partial charge is 0.388 e. The van der Waals surface area contributed by atoms with Gasteiger partial charge in [0, 0.05) is 77.3 Å². The maximum absolute atomic E-state index is 14.1. The van der Waals surface area contributed by atoms with E-state index in [0.29, 0.717) is 107 Å². The Morgan fingerprint density at radius 1 is 0.926 bits per heavy atom. The minimum absolute atomic E-state index is 0.0680. The molecule has 0 bridgehead atoms. The highest BCUT2D eigenvalue weighted by molar-refractivity contribution is 6.03. The minimum atomic E-state index is -1.07. The van der Waals surface area contributed by atoms with Gasteiger partial charge in [-0.3, -0.25) is 43.1 Å². The van der Waals surface area contributed by atoms with Crippen molar-refractivity contribution in [3.63, 3.8) is 0 Å². The van der Waals surface area contributed by atoms with Gasteiger partial charge in [0.05, 0.1) is 55.1 Å². The van der Waals surface area contributed by atoms with Crippen molar-refractivity contribution in [1.82, 2.24) is 45.7 Å². The molecule has 1 aromatic carbocycles. The minimum Gasteiger partial charge on any atom is -0.388 e. The van der Waals surface area contributed by atoms with Crippen LogP contribution in [0.2, 0.25) is 0 Å². The number of aromatic amines is 1. The van der Waals surface area contributed by atoms with Crippen molar-refractivity contribution in [2.45, 2.75) is 96.8 Å². The molecule has 3 heterocycles. The fraction of sp³-hybridized carbons (Fsp3) is 0.609. The number of ether oxygens (including phenoxy) is 2. The number of likely N-dealkylation sites (N-methyl/N-ethyl adjacent to an activating group) is 1. The highest BCUT2D eigenvalue weighted by atomic mass is 16.5. The number of benzene rings is 1. The topological polar surface area (TPSA) is 303 Å². The van der Waals surface area contributed by atoms with Gasteiger partial charge in [-0.05, 0) is 69.7 Å². The van der Waals surface area contributed by atoms with Gasteiger partial charge in [-0.15, -0.1) is 0 Å². The summed E-state index contributed by atoms with van der Waals surface area (Å²) in [5.74, 6) is -3.41. The van der Waals surface area contributed by atoms with Crippen LogP contribution in [0.3, 0.4) is 0 Å². The number of ketones is 1. The fourth-order valence-corrected chi connectivity index (χ4v) is 7.89. The van der Waals surface area contributed by atoms with E-state index in [1.807, 2.05) is 24.8 Å². The lowest BCUT2D eigenvalue weighted by Crippen LogP contribution is -2.56. The monoisotopic (exact) mass is 950 g/mol. The lowest BCUT2D eigenvalue weighted by atomic mass is 9.85. The number of aromatic nitrogens is 4. The van der Waals surface area contributed by atoms with E-state index in [1.54, 1.807) is 37.3 Å². The van der Waals surface area contributed by atoms with Crippen LogP contribution in [0.4, 0.5) is 5.69 Å². The van der Waals surface area contributed by atoms with E-state index in [4.69, 9.17) is 20.9 Å². The van der Waals surface area contributed by atoms with Gasteiger partial charge in [-0.1, -0.05) is 20.3 Å². The van der Waals surface area contributed by atoms with E-state index in [2.05, 4.69) is 41.2 Å². The van der Waals surface area contributed by atoms with Crippen molar-refractivity contribution in [3.8, 4) is 0 Å². The van der Waals surface area contributed by atoms with E-state index in [9.17, 15) is 33.6 Å². The number of hydrogen-bond donors (Lipinski definition) is 7. The van der Waals surface area contributed by atoms with E-state index in [-0.39, 0.29) is 48.9 Å². The molecular weight excluding hydrogens is 879 g/mol. The van der Waals surface area contributed by atoms with E-state index < -0.39 is 59.8 Å². The predicted molar refractivity (Wildman–Crippen MR) is 257 cm³/mol. The van der Waals surface area contributed by atoms with Gasteiger partial charge in [0.1, 0.15) is 30.5 Å². The van der Waals surface area contributed by atoms with Crippen molar-refractivity contribution in [1.29, 1.82) is 0 Å². The van der Waals surface area contributed by atoms with Gasteiger partial charge in [0.25, 0.3) is 5.56 Å². The number of nitrogens with two attached hydrogens (primary N) is 2. The molecule has 4 rings (SSSR count). The van der Waals surface area contributed by atoms with Crippen LogP contribution in [0.1, 0.15) is 71.4 Å². The zero-order valence-electron chi connectivity index (χ0n) is 40.1. The molecule has 22 heteroatoms. The summed E-state index contributed by atoms with van der Waals surface area (Å²) in [6.45, 7) is 8.15. The summed E-state index contributed by atoms with van der Waals surface area (Å²) < 4.78 is 11.6. The third kappa shape index (κ3) is 16.5. The Kier molecular flexibility index (Phi) is 22.5. The highest BCUT2D eigenvalue weighted by Crippen LogP contribution is 2.23. The normalized spacial score (nSPS) is 15.2. The molecule has 1 aliphatic heterocycles. The van der Waals surface area contributed by atoms with E-state index in [1.165, 1.54) is 19.7 Å². The lowest BCUT2D eigenvalue weighted by molar-refractivity contribution is -0.142. The molecule has 0 spiro atoms. The molecule has 1 aliphatic rings. The number of methoxy groups -OCH3 is 1. The Bertz CT molecular complexity index is 2210. The number of carbonyl (C=O) groups is 6. The second kappa shape index (κ2) is 28.2. The van der Waals surface area contributed by atoms with Gasteiger partial charge in [0.15, 0.2) is 0 Å². The summed E-state index contributed by atoms with van der Waals surface area (Å²) in [4.78, 5) is 114. The molecule has 0 aliphatic carbocycles. The summed E-state index contributed by atoms with van der Waals surface area (Å²) in [5, 5.41) is 11.2. The maximum atomic E-state index is 14.1. The number of rotatable bonds is 29. The van der Waals surface area contributed by atoms with Gasteiger partial charge in [-0.25, -0.2) is 9.97 Å². The number of H-pyrrole nitrogens is 1. The van der Waals surface area contributed by atoms with Crippen molar-refractivity contribution in [2.24, 2.45) is 28.3 Å². The summed E-state index contributed by atoms with van der Waals surface area (Å²) in [6.07, 6.45) is 7.28. The van der Waals surface area contributed by atoms with Crippen LogP contribution in [0.15, 0.2) is 46.8 Å². The number of piperazine rings is 1. The predicted octanol–water partition coefficient (Wildman–Crippen LogP) is -0.218. The molecule has 1 fully saturated rings. The highest BCUT2D eigenvalue weighted by Gasteiger charge is 2.35. The third-order valence-corrected chi connectivity index (χ3v) is 11.9. The summed E-state index contributed by atoms with van der Waals surface area (Å²) >= 11 is 0. The second-order valence-electron chi connectivity index (χ2n) is 17.0. The van der Waals surface area contributed by atoms with Gasteiger partial charge >= 0.3 is 0 Å². The van der Waals surface area contributed by atoms with Crippen LogP contribution >= 0.6 is 0 Å². The number of imidazole rings is 1. The number of Topliss-reactive ketones (excluding diaryl/α,β-unsaturated/α-hetero) is 1. The Hall–Kier alpha value is -6.26. The number of fused-ring (bicyclic) bond motifs is 1. The first kappa shape index (κ1) is 54.3. The first-order valence-corrected chi connectivity index (χ1v) is 23.4. The molecule has 68 heavy (non-hydrogen) atoms. The molecule has 2 aromatic heterocycles. The summed E-state index contributed by atoms with van der Waals surface area (Å²) in [5.41, 5.74) is 12.7. The molecule has 0 saturated carbocycles. The summed E-state index contributed by atoms with van der Waals surface area (Å²) in [6, 6.07) is 2.38. The van der Waals surface area contributed by atoms with Crippen LogP contribution in [0.25, 0.3) is 10.9 Å². The molecule has 374 valence electrons. The second-order valence-corrected chi connectivity index (χ2v) is 17.0. The average molecular weight is 950 g/mol. The average Bonchev–Trinajstić information content (AvgIpc) is 3.85. The van der Waals surface area contributed by atoms with E-state index >= 15 is 0 Å². The Balaban J connectivity index is 1.44. The number of nitrogens with one attached hydrogen (secondary N) is 5. The molecule has 1 saturated heterocycles. The number of amidine groups is 1. The maximum Gasteiger partial charge on any atom is 0.261 e. The van der Waals surface area contributed by atoms with Gasteiger partial charge in [-0.2, -0.15) is 0 Å². The quantitative estimate of drug-likeness (QED) is 0.0205. The number of amides is 5. The molecule has 0 radical (unpaired) electrons. The Labute approximate surface area is 397 Å². The van der Waals surface area contributed by atoms with Crippen molar-refractivity contribution in [2.75, 3.05) is 78.1 Å². The fourth-order valence-electron chi connectivity index (χ4n) is 7.89. The van der Waals surface area contributed by atoms with Crippen molar-refractivity contribution in [3.05, 3.63) is 53.1 Å². The molecule has 5 amide bonds. The van der Waals surface area contributed by atoms with Crippen LogP contribution < -0.4 is 43.2 Å². The number of aliphatic imine (C=N–C) groups is 1. The smallest absolute Gasteiger partial charge is 0.261 e. The lowest BCUT2D eigenvalue weighted by Gasteiger charge is -2.38. The molecular formula is C46H71N13O9. The number of hydrogen-bond acceptors (Lipinski definition) is 14. The molecule has 5 atom stereocenters. The van der Waals surface area contributed by atoms with Crippen LogP contribution in [0, 0.1) is 11.8 Å². The van der Waals surface area contributed by atoms with E-state index in [0.717, 1.165) is 4.57 Å². The molecule has 0 unspecified atom stereocenters. The number of anilines is 1. The van der Waals surface area contributed by atoms with Gasteiger partial charge < -0.3 is 57.0 Å². The van der Waals surface area contributed by atoms with Gasteiger partial charge in [0.2, 0.25) is 29.5 Å². The van der Waals surface area contributed by atoms with Crippen molar-refractivity contribution < 1.29 is 38.2 Å². The standard InChI is InChI=1S/C46H71N13O9/c1-6-30(2)41(39(60)14-21-68-23-22-67-5)44(64)55-37(10-7-8-15-47)46(66)58-19-17-57(18-20-58)33-12-13-35-34(25-33)45(65)59(29-53-35)27-40(61)54-36(11-9-16-51-31(3)48)43(63)56-38(42(62)49-4)24-32-26-50-28-52-32/h12-13,25-26,28-30,36-38,41H,6-11,14-24,27,47H2,1-5H3,(H2,48,51)(H,49,62)(H,50,52)(H,54,61)(H,55,64)(H,56,63)/t30-,36-,37-,38-,41+/m0/s1. The molecule has 9 N–H and O–H groups in total. The van der Waals surface area contributed by atoms with Crippen molar-refractivity contribution >= 4 is 57.7 Å². The third-order valence-electron chi connectivity index (χ3n) is 11.9. The summed E-state index contributed by atoms with van der Waals surface area (Å²) in [7, 11) is 3.02. The zero-order chi connectivity index (χ0) is 49.6. The van der Waals surface area contributed by atoms with Crippen LogP contribution in [-0.2, 0) is 51.2 Å². The Morgan fingerprint density at radius 3 is 2.32 bits per heavy atom. The first-order chi connectivity index (χ1) is 32.7. The number of nitrogens with zero attached hydrogens (tertiary/aromatic N) is 6. The first-order valence-electron chi connectivity index (χ1n) is 23.4. The Morgan fingerprint density at radius 2 is 1.66 bits per heavy atom. The molecule has 22 nitrogen and oxygen atoms in total. The SMILES string of the molecule is CC[C@H](C)[C@H](C(=O)CCOCCOC)C(=O)N[C@@H](CCCCN)C(=O)N1CCN(c2ccc3ncn(CC(=O)N[C@@H](CCCN=C(C)N)C(=O)N[C@@H](Cc4cnc[nH]4)C(=O)NC)c(=O)c3c2)CC1. The number of unbranched alkanes of at least 4 members (excludes halogenated alkanes) is 1. The van der Waals surface area contributed by atoms with Crippen LogP contribution in [0.5, 0.6) is 0 Å². The zero-order valence-corrected chi connectivity index (χ0v) is 40.1.